The Hall–Kier alpha value is -0.410. The fraction of sp³-hybridized carbons (Fsp3) is 0.600. The molecular weight excluding hydrogens is 293 g/mol. The summed E-state index contributed by atoms with van der Waals surface area (Å²) in [5.74, 6) is -0.166. The summed E-state index contributed by atoms with van der Waals surface area (Å²) in [7, 11) is 1.98. The van der Waals surface area contributed by atoms with E-state index >= 15 is 0 Å². The van der Waals surface area contributed by atoms with Crippen LogP contribution in [0.15, 0.2) is 22.7 Å². The third-order valence-corrected chi connectivity index (χ3v) is 3.68. The molecule has 1 unspecified atom stereocenters. The van der Waals surface area contributed by atoms with E-state index in [0.717, 1.165) is 22.9 Å². The van der Waals surface area contributed by atoms with Crippen molar-refractivity contribution in [2.45, 2.75) is 51.5 Å². The van der Waals surface area contributed by atoms with E-state index in [9.17, 15) is 4.39 Å². The molecule has 102 valence electrons. The van der Waals surface area contributed by atoms with Crippen LogP contribution in [-0.4, -0.2) is 13.1 Å². The second-order valence-corrected chi connectivity index (χ2v) is 5.73. The van der Waals surface area contributed by atoms with Crippen molar-refractivity contribution in [2.24, 2.45) is 0 Å². The molecular formula is C15H23BrFN. The molecule has 1 nitrogen and oxygen atoms in total. The van der Waals surface area contributed by atoms with Crippen LogP contribution in [0.3, 0.4) is 0 Å². The molecule has 0 spiro atoms. The molecule has 0 heterocycles. The number of likely N-dealkylation sites (N-methyl/N-ethyl adjacent to an activating group) is 1. The van der Waals surface area contributed by atoms with Crippen molar-refractivity contribution in [1.82, 2.24) is 5.32 Å². The van der Waals surface area contributed by atoms with E-state index in [4.69, 9.17) is 0 Å². The number of rotatable bonds is 8. The van der Waals surface area contributed by atoms with Gasteiger partial charge in [-0.1, -0.05) is 48.5 Å². The van der Waals surface area contributed by atoms with Crippen LogP contribution in [0.5, 0.6) is 0 Å². The van der Waals surface area contributed by atoms with Gasteiger partial charge in [0.2, 0.25) is 0 Å². The lowest BCUT2D eigenvalue weighted by Gasteiger charge is -2.16. The molecule has 0 radical (unpaired) electrons. The molecule has 18 heavy (non-hydrogen) atoms. The maximum absolute atomic E-state index is 13.3. The number of benzene rings is 1. The summed E-state index contributed by atoms with van der Waals surface area (Å²) in [6.45, 7) is 2.22. The first-order chi connectivity index (χ1) is 8.65. The lowest BCUT2D eigenvalue weighted by molar-refractivity contribution is 0.484. The third kappa shape index (κ3) is 5.96. The largest absolute Gasteiger partial charge is 0.317 e. The summed E-state index contributed by atoms with van der Waals surface area (Å²) in [6, 6.07) is 5.57. The van der Waals surface area contributed by atoms with Gasteiger partial charge in [-0.15, -0.1) is 0 Å². The van der Waals surface area contributed by atoms with Crippen molar-refractivity contribution in [1.29, 1.82) is 0 Å². The van der Waals surface area contributed by atoms with Crippen LogP contribution in [0.25, 0.3) is 0 Å². The molecule has 1 rings (SSSR count). The summed E-state index contributed by atoms with van der Waals surface area (Å²) in [5, 5.41) is 3.33. The summed E-state index contributed by atoms with van der Waals surface area (Å²) in [6.07, 6.45) is 7.16. The summed E-state index contributed by atoms with van der Waals surface area (Å²) in [5.41, 5.74) is 1.05. The van der Waals surface area contributed by atoms with Crippen molar-refractivity contribution < 1.29 is 4.39 Å². The molecule has 0 fully saturated rings. The van der Waals surface area contributed by atoms with Crippen molar-refractivity contribution in [2.75, 3.05) is 7.05 Å². The Morgan fingerprint density at radius 3 is 2.61 bits per heavy atom. The summed E-state index contributed by atoms with van der Waals surface area (Å²) < 4.78 is 14.1. The number of hydrogen-bond acceptors (Lipinski definition) is 1. The summed E-state index contributed by atoms with van der Waals surface area (Å²) >= 11 is 3.34. The molecule has 0 saturated carbocycles. The lowest BCUT2D eigenvalue weighted by atomic mass is 10.00. The second-order valence-electron chi connectivity index (χ2n) is 4.82. The van der Waals surface area contributed by atoms with E-state index in [1.54, 1.807) is 6.07 Å². The lowest BCUT2D eigenvalue weighted by Crippen LogP contribution is -2.27. The van der Waals surface area contributed by atoms with Gasteiger partial charge in [0.15, 0.2) is 0 Å². The van der Waals surface area contributed by atoms with Crippen LogP contribution in [0, 0.1) is 5.82 Å². The molecule has 0 aliphatic carbocycles. The smallest absolute Gasteiger partial charge is 0.124 e. The van der Waals surface area contributed by atoms with Crippen LogP contribution >= 0.6 is 15.9 Å². The average Bonchev–Trinajstić information content (AvgIpc) is 2.32. The number of unbranched alkanes of at least 4 members (excludes halogenated alkanes) is 3. The third-order valence-electron chi connectivity index (χ3n) is 3.22. The Morgan fingerprint density at radius 2 is 2.00 bits per heavy atom. The fourth-order valence-corrected chi connectivity index (χ4v) is 2.69. The zero-order valence-corrected chi connectivity index (χ0v) is 12.9. The molecule has 0 saturated heterocycles. The molecule has 1 N–H and O–H groups in total. The van der Waals surface area contributed by atoms with Crippen LogP contribution in [-0.2, 0) is 6.42 Å². The van der Waals surface area contributed by atoms with E-state index in [0.29, 0.717) is 6.04 Å². The van der Waals surface area contributed by atoms with Crippen LogP contribution in [0.4, 0.5) is 4.39 Å². The molecule has 1 aromatic rings. The fourth-order valence-electron chi connectivity index (χ4n) is 2.18. The van der Waals surface area contributed by atoms with Crippen LogP contribution < -0.4 is 5.32 Å². The van der Waals surface area contributed by atoms with Crippen LogP contribution in [0.2, 0.25) is 0 Å². The van der Waals surface area contributed by atoms with Gasteiger partial charge in [-0.2, -0.15) is 0 Å². The second kappa shape index (κ2) is 8.65. The Balaban J connectivity index is 2.46. The highest BCUT2D eigenvalue weighted by Crippen LogP contribution is 2.17. The van der Waals surface area contributed by atoms with Gasteiger partial charge in [-0.3, -0.25) is 0 Å². The average molecular weight is 316 g/mol. The van der Waals surface area contributed by atoms with Crippen LogP contribution in [0.1, 0.15) is 44.6 Å². The van der Waals surface area contributed by atoms with Gasteiger partial charge in [-0.05, 0) is 43.7 Å². The van der Waals surface area contributed by atoms with Gasteiger partial charge in [-0.25, -0.2) is 4.39 Å². The zero-order chi connectivity index (χ0) is 13.4. The molecule has 0 bridgehead atoms. The van der Waals surface area contributed by atoms with E-state index in [2.05, 4.69) is 28.2 Å². The van der Waals surface area contributed by atoms with E-state index < -0.39 is 0 Å². The molecule has 1 atom stereocenters. The Labute approximate surface area is 118 Å². The highest BCUT2D eigenvalue weighted by Gasteiger charge is 2.08. The predicted octanol–water partition coefficient (Wildman–Crippen LogP) is 4.69. The van der Waals surface area contributed by atoms with Crippen molar-refractivity contribution in [3.63, 3.8) is 0 Å². The van der Waals surface area contributed by atoms with Gasteiger partial charge >= 0.3 is 0 Å². The molecule has 3 heteroatoms. The number of nitrogens with one attached hydrogen (secondary N) is 1. The first kappa shape index (κ1) is 15.6. The minimum absolute atomic E-state index is 0.166. The summed E-state index contributed by atoms with van der Waals surface area (Å²) in [4.78, 5) is 0. The van der Waals surface area contributed by atoms with Crippen molar-refractivity contribution >= 4 is 15.9 Å². The van der Waals surface area contributed by atoms with Gasteiger partial charge in [0.05, 0.1) is 0 Å². The minimum atomic E-state index is -0.166. The van der Waals surface area contributed by atoms with Gasteiger partial charge in [0, 0.05) is 10.5 Å². The zero-order valence-electron chi connectivity index (χ0n) is 11.3. The topological polar surface area (TPSA) is 12.0 Å². The highest BCUT2D eigenvalue weighted by molar-refractivity contribution is 9.10. The minimum Gasteiger partial charge on any atom is -0.317 e. The highest BCUT2D eigenvalue weighted by atomic mass is 79.9. The molecule has 0 aliphatic rings. The molecule has 0 amide bonds. The van der Waals surface area contributed by atoms with Crippen molar-refractivity contribution in [3.05, 3.63) is 34.1 Å². The van der Waals surface area contributed by atoms with Gasteiger partial charge in [0.1, 0.15) is 5.82 Å². The van der Waals surface area contributed by atoms with Gasteiger partial charge in [0.25, 0.3) is 0 Å². The predicted molar refractivity (Wildman–Crippen MR) is 79.4 cm³/mol. The van der Waals surface area contributed by atoms with E-state index in [-0.39, 0.29) is 5.82 Å². The quantitative estimate of drug-likeness (QED) is 0.686. The molecule has 0 aromatic heterocycles. The molecule has 1 aromatic carbocycles. The Kier molecular flexibility index (Phi) is 7.52. The van der Waals surface area contributed by atoms with E-state index in [1.165, 1.54) is 31.7 Å². The van der Waals surface area contributed by atoms with Gasteiger partial charge < -0.3 is 5.32 Å². The van der Waals surface area contributed by atoms with E-state index in [1.807, 2.05) is 13.1 Å². The standard InChI is InChI=1S/C15H23BrFN/c1-3-4-5-6-7-15(18-2)10-12-8-13(16)11-14(17)9-12/h8-9,11,15,18H,3-7,10H2,1-2H3. The first-order valence-electron chi connectivity index (χ1n) is 6.78. The number of halogens is 2. The SMILES string of the molecule is CCCCCCC(Cc1cc(F)cc(Br)c1)NC. The van der Waals surface area contributed by atoms with Crippen molar-refractivity contribution in [3.8, 4) is 0 Å². The Morgan fingerprint density at radius 1 is 1.22 bits per heavy atom. The normalized spacial score (nSPS) is 12.7. The maximum atomic E-state index is 13.3. The monoisotopic (exact) mass is 315 g/mol. The molecule has 0 aliphatic heterocycles. The first-order valence-corrected chi connectivity index (χ1v) is 7.57. The number of hydrogen-bond donors (Lipinski definition) is 1. The Bertz CT molecular complexity index is 334. The maximum Gasteiger partial charge on any atom is 0.124 e.